The van der Waals surface area contributed by atoms with Gasteiger partial charge in [-0.1, -0.05) is 62.8 Å². The lowest BCUT2D eigenvalue weighted by atomic mass is 9.44. The molecule has 1 amide bonds. The Labute approximate surface area is 413 Å². The Balaban J connectivity index is 0.000000167. The lowest BCUT2D eigenvalue weighted by molar-refractivity contribution is -0.786. The van der Waals surface area contributed by atoms with Gasteiger partial charge in [0.25, 0.3) is 0 Å². The number of nitrogens with zero attached hydrogens (tertiary/aromatic N) is 1. The molecule has 12 rings (SSSR count). The molecule has 2 spiro atoms. The molecule has 8 saturated carbocycles. The zero-order valence-electron chi connectivity index (χ0n) is 43.0. The van der Waals surface area contributed by atoms with Crippen molar-refractivity contribution in [2.24, 2.45) is 105 Å². The highest BCUT2D eigenvalue weighted by Crippen LogP contribution is 2.73. The van der Waals surface area contributed by atoms with E-state index in [0.29, 0.717) is 80.9 Å². The van der Waals surface area contributed by atoms with E-state index in [9.17, 15) is 14.4 Å². The van der Waals surface area contributed by atoms with Crippen molar-refractivity contribution in [3.8, 4) is 0 Å². The average Bonchev–Trinajstić information content (AvgIpc) is 3.93. The van der Waals surface area contributed by atoms with Crippen LogP contribution in [0.25, 0.3) is 0 Å². The number of amides is 1. The number of piperidine rings is 2. The second-order valence-corrected chi connectivity index (χ2v) is 26.9. The molecule has 0 bridgehead atoms. The van der Waals surface area contributed by atoms with Crippen LogP contribution >= 0.6 is 0 Å². The summed E-state index contributed by atoms with van der Waals surface area (Å²) < 4.78 is 14.1. The molecule has 8 nitrogen and oxygen atoms in total. The number of ether oxygens (including phenoxy) is 2. The maximum Gasteiger partial charge on any atom is 0.211 e. The number of carbonyl (C=O) groups excluding carboxylic acids is 3. The molecule has 0 aromatic carbocycles. The zero-order chi connectivity index (χ0) is 46.1. The van der Waals surface area contributed by atoms with Crippen LogP contribution in [0, 0.1) is 105 Å². The standard InChI is InChI=1S/C28H43NO3.C27H43NO2.C2H6O.CH4.ClH/c1-17-7-12-28(29(15-17)16-30)18(2)25-24(32-28)14-23-21-6-5-19-13-20(31)8-10-26(19,3)22(21)9-11-27(23,25)4;1-16-7-12-27(28-15-16)17(2)24-23(30-27)14-22-20-6-5-18-13-19(29)8-10-25(18,3)21(20)9-11-26(22,24)4;1-2-3;;/h16-19,21-25H,5-15H2,1-4H3;16-18,20-24,28H,5-15H2,1-4H3;3H,2H2,1H3;1H4;1H/t17-,18-,19?,21+,22?,23?,24?,25?,26-,27-,28-;16-,17-,18?,20+,21?,22?,23?,24?,25-,26-,27-;;;/m00.../s1. The molecular formula is C58H97ClN2O6. The molecule has 12 aliphatic rings. The van der Waals surface area contributed by atoms with Crippen molar-refractivity contribution in [2.75, 3.05) is 19.7 Å². The fourth-order valence-corrected chi connectivity index (χ4v) is 21.1. The number of aliphatic hydroxyl groups is 1. The minimum absolute atomic E-state index is 0. The number of ketones is 2. The van der Waals surface area contributed by atoms with Gasteiger partial charge in [0.05, 0.1) is 18.8 Å². The van der Waals surface area contributed by atoms with Crippen molar-refractivity contribution in [1.82, 2.24) is 4.90 Å². The van der Waals surface area contributed by atoms with Gasteiger partial charge in [-0.25, -0.2) is 0 Å². The van der Waals surface area contributed by atoms with E-state index in [0.717, 1.165) is 112 Å². The van der Waals surface area contributed by atoms with Gasteiger partial charge in [-0.2, -0.15) is 0 Å². The molecule has 4 saturated heterocycles. The molecule has 67 heavy (non-hydrogen) atoms. The van der Waals surface area contributed by atoms with Crippen LogP contribution in [0.1, 0.15) is 198 Å². The largest absolute Gasteiger partial charge is 1.00 e. The van der Waals surface area contributed by atoms with Crippen LogP contribution in [0.15, 0.2) is 0 Å². The number of fused-ring (bicyclic) bond motifs is 14. The summed E-state index contributed by atoms with van der Waals surface area (Å²) in [7, 11) is 0. The molecule has 4 heterocycles. The lowest BCUT2D eigenvalue weighted by Crippen LogP contribution is -3.00. The van der Waals surface area contributed by atoms with Gasteiger partial charge in [-0.15, -0.1) is 0 Å². The predicted molar refractivity (Wildman–Crippen MR) is 261 cm³/mol. The third-order valence-corrected chi connectivity index (χ3v) is 24.4. The quantitative estimate of drug-likeness (QED) is 0.262. The summed E-state index contributed by atoms with van der Waals surface area (Å²) in [5.41, 5.74) is 1.33. The van der Waals surface area contributed by atoms with E-state index in [1.807, 2.05) is 4.90 Å². The molecule has 382 valence electrons. The Kier molecular flexibility index (Phi) is 14.6. The van der Waals surface area contributed by atoms with Crippen LogP contribution in [-0.4, -0.2) is 71.3 Å². The van der Waals surface area contributed by atoms with Gasteiger partial charge in [0.15, 0.2) is 0 Å². The first-order chi connectivity index (χ1) is 30.9. The topological polar surface area (TPSA) is 110 Å². The van der Waals surface area contributed by atoms with Crippen molar-refractivity contribution < 1.29 is 46.7 Å². The van der Waals surface area contributed by atoms with Gasteiger partial charge in [0.2, 0.25) is 12.1 Å². The van der Waals surface area contributed by atoms with Crippen molar-refractivity contribution in [1.29, 1.82) is 0 Å². The van der Waals surface area contributed by atoms with Crippen molar-refractivity contribution in [2.45, 2.75) is 222 Å². The van der Waals surface area contributed by atoms with Gasteiger partial charge >= 0.3 is 0 Å². The smallest absolute Gasteiger partial charge is 0.211 e. The van der Waals surface area contributed by atoms with E-state index in [2.05, 4.69) is 60.7 Å². The zero-order valence-corrected chi connectivity index (χ0v) is 43.7. The molecule has 0 radical (unpaired) electrons. The van der Waals surface area contributed by atoms with Crippen molar-refractivity contribution >= 4 is 18.0 Å². The maximum atomic E-state index is 12.2. The predicted octanol–water partition coefficient (Wildman–Crippen LogP) is 7.63. The first-order valence-electron chi connectivity index (χ1n) is 28.0. The minimum Gasteiger partial charge on any atom is -1.00 e. The molecule has 12 fully saturated rings. The third-order valence-electron chi connectivity index (χ3n) is 24.4. The average molecular weight is 954 g/mol. The molecule has 8 aliphatic carbocycles. The highest BCUT2D eigenvalue weighted by atomic mass is 35.5. The lowest BCUT2D eigenvalue weighted by Gasteiger charge is -2.60. The van der Waals surface area contributed by atoms with Gasteiger partial charge in [0.1, 0.15) is 17.3 Å². The SMILES string of the molecule is C.CCO.C[C@H]1CC[C@@]2(OC3CC4[C@@H]5CCC6CC(=O)CC[C@]6(C)C5CC[C@]4(C)C3[C@@H]2C)N(C=O)C1.C[C@H]1CC[C@]2([NH2+]C1)OC1CC3[C@@H]4CCC5CC(=O)CC[C@]5(C)C4CC[C@]3(C)C1[C@@H]2C.[Cl-]. The first-order valence-corrected chi connectivity index (χ1v) is 28.0. The Morgan fingerprint density at radius 2 is 1.13 bits per heavy atom. The fraction of sp³-hybridized carbons (Fsp3) is 0.948. The third kappa shape index (κ3) is 7.86. The summed E-state index contributed by atoms with van der Waals surface area (Å²) in [5.74, 6) is 11.1. The van der Waals surface area contributed by atoms with Gasteiger partial charge < -0.3 is 37.2 Å². The van der Waals surface area contributed by atoms with Gasteiger partial charge in [0, 0.05) is 68.9 Å². The summed E-state index contributed by atoms with van der Waals surface area (Å²) in [6, 6.07) is 0. The van der Waals surface area contributed by atoms with E-state index in [1.165, 1.54) is 83.6 Å². The molecule has 22 atom stereocenters. The number of hydrogen-bond donors (Lipinski definition) is 2. The molecule has 4 aliphatic heterocycles. The molecule has 10 unspecified atom stereocenters. The molecule has 3 N–H and O–H groups in total. The van der Waals surface area contributed by atoms with E-state index < -0.39 is 0 Å². The van der Waals surface area contributed by atoms with Crippen LogP contribution in [0.2, 0.25) is 0 Å². The Morgan fingerprint density at radius 1 is 0.642 bits per heavy atom. The number of Topliss-reactive ketones (excluding diaryl/α,β-unsaturated/α-hetero) is 2. The first kappa shape index (κ1) is 52.3. The van der Waals surface area contributed by atoms with Gasteiger partial charge in [-0.05, 0) is 184 Å². The number of halogens is 1. The molecule has 0 aromatic rings. The number of quaternary nitrogens is 1. The number of carbonyl (C=O) groups is 3. The Bertz CT molecular complexity index is 1820. The van der Waals surface area contributed by atoms with E-state index in [-0.39, 0.29) is 37.9 Å². The second kappa shape index (κ2) is 18.8. The summed E-state index contributed by atoms with van der Waals surface area (Å²) in [6.45, 7) is 24.0. The summed E-state index contributed by atoms with van der Waals surface area (Å²) >= 11 is 0. The summed E-state index contributed by atoms with van der Waals surface area (Å²) in [6.07, 6.45) is 25.5. The number of likely N-dealkylation sites (tertiary alicyclic amines) is 1. The van der Waals surface area contributed by atoms with Crippen LogP contribution < -0.4 is 17.7 Å². The monoisotopic (exact) mass is 953 g/mol. The molecular weight excluding hydrogens is 856 g/mol. The van der Waals surface area contributed by atoms with E-state index >= 15 is 0 Å². The van der Waals surface area contributed by atoms with E-state index in [1.54, 1.807) is 6.92 Å². The maximum absolute atomic E-state index is 12.2. The molecule has 0 aromatic heterocycles. The normalized spacial score (nSPS) is 54.4. The van der Waals surface area contributed by atoms with Crippen molar-refractivity contribution in [3.63, 3.8) is 0 Å². The van der Waals surface area contributed by atoms with Crippen LogP contribution in [0.5, 0.6) is 0 Å². The number of hydrogen-bond acceptors (Lipinski definition) is 6. The summed E-state index contributed by atoms with van der Waals surface area (Å²) in [4.78, 5) is 38.5. The fourth-order valence-electron chi connectivity index (χ4n) is 21.1. The Morgan fingerprint density at radius 3 is 1.63 bits per heavy atom. The van der Waals surface area contributed by atoms with Crippen molar-refractivity contribution in [3.05, 3.63) is 0 Å². The highest BCUT2D eigenvalue weighted by molar-refractivity contribution is 5.80. The Hall–Kier alpha value is -1.06. The highest BCUT2D eigenvalue weighted by Gasteiger charge is 2.72. The second-order valence-electron chi connectivity index (χ2n) is 26.9. The number of nitrogens with two attached hydrogens (primary N) is 1. The van der Waals surface area contributed by atoms with Gasteiger partial charge in [-0.3, -0.25) is 14.4 Å². The molecule has 9 heteroatoms. The van der Waals surface area contributed by atoms with Crippen LogP contribution in [0.4, 0.5) is 0 Å². The van der Waals surface area contributed by atoms with Crippen LogP contribution in [0.3, 0.4) is 0 Å². The van der Waals surface area contributed by atoms with Crippen LogP contribution in [-0.2, 0) is 23.9 Å². The number of aliphatic hydroxyl groups excluding tert-OH is 1. The number of rotatable bonds is 1. The van der Waals surface area contributed by atoms with E-state index in [4.69, 9.17) is 14.6 Å². The minimum atomic E-state index is -0.359. The summed E-state index contributed by atoms with van der Waals surface area (Å²) in [5, 5.41) is 10.2.